The van der Waals surface area contributed by atoms with Gasteiger partial charge in [-0.3, -0.25) is 0 Å². The lowest BCUT2D eigenvalue weighted by atomic mass is 9.96. The highest BCUT2D eigenvalue weighted by molar-refractivity contribution is 5.23. The van der Waals surface area contributed by atoms with Gasteiger partial charge in [-0.15, -0.1) is 0 Å². The monoisotopic (exact) mass is 198 g/mol. The van der Waals surface area contributed by atoms with Gasteiger partial charge in [-0.05, 0) is 18.8 Å². The topological polar surface area (TPSA) is 17.8 Å². The Bertz CT molecular complexity index is 304. The SMILES string of the molecule is CCCC(C)c1c(CC)nn(C)c1F. The average molecular weight is 198 g/mol. The summed E-state index contributed by atoms with van der Waals surface area (Å²) in [5, 5.41) is 4.17. The number of halogens is 1. The molecule has 0 N–H and O–H groups in total. The molecule has 1 unspecified atom stereocenters. The molecule has 0 aliphatic heterocycles. The van der Waals surface area contributed by atoms with Gasteiger partial charge in [-0.1, -0.05) is 27.2 Å². The molecule has 0 saturated heterocycles. The first-order chi connectivity index (χ1) is 6.61. The van der Waals surface area contributed by atoms with Crippen molar-refractivity contribution < 1.29 is 4.39 Å². The van der Waals surface area contributed by atoms with E-state index < -0.39 is 0 Å². The predicted octanol–water partition coefficient (Wildman–Crippen LogP) is 3.03. The first-order valence-electron chi connectivity index (χ1n) is 5.33. The fourth-order valence-electron chi connectivity index (χ4n) is 1.90. The maximum atomic E-state index is 13.7. The predicted molar refractivity (Wildman–Crippen MR) is 55.9 cm³/mol. The molecule has 0 spiro atoms. The minimum absolute atomic E-state index is 0.164. The Labute approximate surface area is 85.1 Å². The molecule has 0 saturated carbocycles. The van der Waals surface area contributed by atoms with E-state index >= 15 is 0 Å². The van der Waals surface area contributed by atoms with Gasteiger partial charge in [0.2, 0.25) is 5.95 Å². The number of aryl methyl sites for hydroxylation is 2. The van der Waals surface area contributed by atoms with Gasteiger partial charge in [-0.25, -0.2) is 4.68 Å². The Balaban J connectivity index is 3.04. The smallest absolute Gasteiger partial charge is 0.214 e. The highest BCUT2D eigenvalue weighted by atomic mass is 19.1. The molecule has 1 aromatic heterocycles. The lowest BCUT2D eigenvalue weighted by Gasteiger charge is -2.09. The molecule has 0 fully saturated rings. The Hall–Kier alpha value is -0.860. The molecular weight excluding hydrogens is 179 g/mol. The van der Waals surface area contributed by atoms with Crippen LogP contribution in [0.4, 0.5) is 4.39 Å². The van der Waals surface area contributed by atoms with Gasteiger partial charge >= 0.3 is 0 Å². The fraction of sp³-hybridized carbons (Fsp3) is 0.727. The third kappa shape index (κ3) is 1.97. The van der Waals surface area contributed by atoms with Crippen LogP contribution in [0.15, 0.2) is 0 Å². The highest BCUT2D eigenvalue weighted by Crippen LogP contribution is 2.26. The first kappa shape index (κ1) is 11.2. The van der Waals surface area contributed by atoms with Crippen molar-refractivity contribution in [3.8, 4) is 0 Å². The first-order valence-corrected chi connectivity index (χ1v) is 5.33. The zero-order valence-electron chi connectivity index (χ0n) is 9.47. The van der Waals surface area contributed by atoms with Crippen LogP contribution >= 0.6 is 0 Å². The zero-order chi connectivity index (χ0) is 10.7. The van der Waals surface area contributed by atoms with E-state index in [-0.39, 0.29) is 11.9 Å². The molecule has 0 bridgehead atoms. The largest absolute Gasteiger partial charge is 0.242 e. The van der Waals surface area contributed by atoms with E-state index in [0.29, 0.717) is 0 Å². The number of hydrogen-bond donors (Lipinski definition) is 0. The summed E-state index contributed by atoms with van der Waals surface area (Å²) in [6.07, 6.45) is 2.91. The summed E-state index contributed by atoms with van der Waals surface area (Å²) in [4.78, 5) is 0. The molecule has 0 aromatic carbocycles. The summed E-state index contributed by atoms with van der Waals surface area (Å²) in [6, 6.07) is 0. The number of nitrogens with zero attached hydrogens (tertiary/aromatic N) is 2. The van der Waals surface area contributed by atoms with E-state index in [4.69, 9.17) is 0 Å². The van der Waals surface area contributed by atoms with Crippen molar-refractivity contribution in [1.29, 1.82) is 0 Å². The van der Waals surface area contributed by atoms with Gasteiger partial charge in [-0.2, -0.15) is 9.49 Å². The van der Waals surface area contributed by atoms with Crippen LogP contribution in [0.1, 0.15) is 50.8 Å². The normalized spacial score (nSPS) is 13.2. The lowest BCUT2D eigenvalue weighted by Crippen LogP contribution is -1.99. The van der Waals surface area contributed by atoms with Crippen molar-refractivity contribution in [1.82, 2.24) is 9.78 Å². The number of rotatable bonds is 4. The number of hydrogen-bond acceptors (Lipinski definition) is 1. The van der Waals surface area contributed by atoms with Gasteiger partial charge in [0.15, 0.2) is 0 Å². The van der Waals surface area contributed by atoms with Crippen LogP contribution in [0.5, 0.6) is 0 Å². The maximum Gasteiger partial charge on any atom is 0.214 e. The third-order valence-corrected chi connectivity index (χ3v) is 2.64. The lowest BCUT2D eigenvalue weighted by molar-refractivity contribution is 0.483. The molecule has 0 aliphatic rings. The minimum atomic E-state index is -0.164. The van der Waals surface area contributed by atoms with Crippen LogP contribution < -0.4 is 0 Å². The van der Waals surface area contributed by atoms with Crippen molar-refractivity contribution in [3.05, 3.63) is 17.2 Å². The fourth-order valence-corrected chi connectivity index (χ4v) is 1.90. The van der Waals surface area contributed by atoms with E-state index in [9.17, 15) is 4.39 Å². The van der Waals surface area contributed by atoms with E-state index in [1.54, 1.807) is 7.05 Å². The van der Waals surface area contributed by atoms with Crippen molar-refractivity contribution in [2.24, 2.45) is 7.05 Å². The van der Waals surface area contributed by atoms with Gasteiger partial charge in [0.25, 0.3) is 0 Å². The van der Waals surface area contributed by atoms with Crippen molar-refractivity contribution >= 4 is 0 Å². The Morgan fingerprint density at radius 2 is 2.07 bits per heavy atom. The molecule has 1 heterocycles. The van der Waals surface area contributed by atoms with Crippen molar-refractivity contribution in [3.63, 3.8) is 0 Å². The molecule has 0 aliphatic carbocycles. The van der Waals surface area contributed by atoms with E-state index in [2.05, 4.69) is 18.9 Å². The zero-order valence-corrected chi connectivity index (χ0v) is 9.47. The van der Waals surface area contributed by atoms with Crippen LogP contribution in [-0.2, 0) is 13.5 Å². The van der Waals surface area contributed by atoms with E-state index in [1.807, 2.05) is 6.92 Å². The minimum Gasteiger partial charge on any atom is -0.242 e. The van der Waals surface area contributed by atoms with Crippen LogP contribution in [0, 0.1) is 5.95 Å². The van der Waals surface area contributed by atoms with Gasteiger partial charge in [0.1, 0.15) is 0 Å². The average Bonchev–Trinajstić information content (AvgIpc) is 2.43. The van der Waals surface area contributed by atoms with E-state index in [0.717, 1.165) is 30.5 Å². The summed E-state index contributed by atoms with van der Waals surface area (Å²) < 4.78 is 15.0. The Morgan fingerprint density at radius 1 is 1.43 bits per heavy atom. The van der Waals surface area contributed by atoms with Crippen LogP contribution in [0.25, 0.3) is 0 Å². The second-order valence-corrected chi connectivity index (χ2v) is 3.82. The maximum absolute atomic E-state index is 13.7. The van der Waals surface area contributed by atoms with Gasteiger partial charge < -0.3 is 0 Å². The second-order valence-electron chi connectivity index (χ2n) is 3.82. The molecule has 0 amide bonds. The summed E-state index contributed by atoms with van der Waals surface area (Å²) in [7, 11) is 1.66. The third-order valence-electron chi connectivity index (χ3n) is 2.64. The Morgan fingerprint density at radius 3 is 2.57 bits per heavy atom. The quantitative estimate of drug-likeness (QED) is 0.727. The molecule has 1 aromatic rings. The highest BCUT2D eigenvalue weighted by Gasteiger charge is 2.19. The van der Waals surface area contributed by atoms with Gasteiger partial charge in [0.05, 0.1) is 5.69 Å². The second kappa shape index (κ2) is 4.58. The molecule has 2 nitrogen and oxygen atoms in total. The van der Waals surface area contributed by atoms with Gasteiger partial charge in [0, 0.05) is 12.6 Å². The molecule has 3 heteroatoms. The van der Waals surface area contributed by atoms with Crippen LogP contribution in [-0.4, -0.2) is 9.78 Å². The molecule has 0 radical (unpaired) electrons. The van der Waals surface area contributed by atoms with Crippen molar-refractivity contribution in [2.75, 3.05) is 0 Å². The summed E-state index contributed by atoms with van der Waals surface area (Å²) in [5.41, 5.74) is 1.72. The standard InChI is InChI=1S/C11H19FN2/c1-5-7-8(3)10-9(6-2)13-14(4)11(10)12/h8H,5-7H2,1-4H3. The van der Waals surface area contributed by atoms with Crippen molar-refractivity contribution in [2.45, 2.75) is 46.0 Å². The van der Waals surface area contributed by atoms with Crippen LogP contribution in [0.3, 0.4) is 0 Å². The van der Waals surface area contributed by atoms with Crippen LogP contribution in [0.2, 0.25) is 0 Å². The summed E-state index contributed by atoms with van der Waals surface area (Å²) >= 11 is 0. The number of aromatic nitrogens is 2. The molecular formula is C11H19FN2. The molecule has 1 rings (SSSR count). The molecule has 1 atom stereocenters. The molecule has 80 valence electrons. The Kier molecular flexibility index (Phi) is 3.67. The summed E-state index contributed by atoms with van der Waals surface area (Å²) in [5.74, 6) is 0.117. The molecule has 14 heavy (non-hydrogen) atoms. The summed E-state index contributed by atoms with van der Waals surface area (Å²) in [6.45, 7) is 6.21. The van der Waals surface area contributed by atoms with E-state index in [1.165, 1.54) is 4.68 Å².